The van der Waals surface area contributed by atoms with Crippen molar-refractivity contribution in [2.45, 2.75) is 44.8 Å². The van der Waals surface area contributed by atoms with Gasteiger partial charge in [0.05, 0.1) is 6.61 Å². The largest absolute Gasteiger partial charge is 0.392 e. The third-order valence-electron chi connectivity index (χ3n) is 3.55. The van der Waals surface area contributed by atoms with Gasteiger partial charge in [-0.25, -0.2) is 0 Å². The molecule has 0 aromatic carbocycles. The molecule has 0 aliphatic heterocycles. The van der Waals surface area contributed by atoms with Crippen LogP contribution in [0.15, 0.2) is 18.5 Å². The van der Waals surface area contributed by atoms with Crippen molar-refractivity contribution < 1.29 is 5.11 Å². The van der Waals surface area contributed by atoms with Crippen LogP contribution in [0.1, 0.15) is 37.7 Å². The molecule has 1 fully saturated rings. The van der Waals surface area contributed by atoms with Crippen molar-refractivity contribution in [2.75, 3.05) is 11.9 Å². The molecule has 0 atom stereocenters. The van der Waals surface area contributed by atoms with Gasteiger partial charge in [-0.2, -0.15) is 0 Å². The van der Waals surface area contributed by atoms with Gasteiger partial charge >= 0.3 is 0 Å². The molecular formula is C13H20N2O. The zero-order valence-corrected chi connectivity index (χ0v) is 9.89. The molecule has 0 spiro atoms. The third-order valence-corrected chi connectivity index (χ3v) is 3.55. The number of nitrogens with zero attached hydrogens (tertiary/aromatic N) is 2. The first-order chi connectivity index (χ1) is 7.83. The summed E-state index contributed by atoms with van der Waals surface area (Å²) >= 11 is 0. The Morgan fingerprint density at radius 2 is 2.12 bits per heavy atom. The Hall–Kier alpha value is -1.09. The van der Waals surface area contributed by atoms with Gasteiger partial charge in [-0.15, -0.1) is 0 Å². The number of hydrogen-bond donors (Lipinski definition) is 1. The summed E-state index contributed by atoms with van der Waals surface area (Å²) in [4.78, 5) is 6.37. The van der Waals surface area contributed by atoms with Gasteiger partial charge in [0.15, 0.2) is 0 Å². The first-order valence-electron chi connectivity index (χ1n) is 6.09. The van der Waals surface area contributed by atoms with Gasteiger partial charge < -0.3 is 10.0 Å². The Bertz CT molecular complexity index is 334. The molecule has 0 bridgehead atoms. The van der Waals surface area contributed by atoms with E-state index in [-0.39, 0.29) is 6.61 Å². The molecule has 0 amide bonds. The fourth-order valence-corrected chi connectivity index (χ4v) is 2.55. The molecule has 0 unspecified atom stereocenters. The molecule has 1 aromatic rings. The summed E-state index contributed by atoms with van der Waals surface area (Å²) in [5, 5.41) is 9.30. The number of aliphatic hydroxyl groups excluding tert-OH is 1. The zero-order valence-electron chi connectivity index (χ0n) is 9.89. The standard InChI is InChI=1S/C13H20N2O/c1-15(12-5-3-2-4-6-12)13-7-8-14-9-11(13)10-16/h7-9,12,16H,2-6,10H2,1H3. The van der Waals surface area contributed by atoms with Crippen LogP contribution in [-0.4, -0.2) is 23.2 Å². The Morgan fingerprint density at radius 1 is 1.38 bits per heavy atom. The van der Waals surface area contributed by atoms with Crippen LogP contribution >= 0.6 is 0 Å². The number of hydrogen-bond acceptors (Lipinski definition) is 3. The normalized spacial score (nSPS) is 17.4. The van der Waals surface area contributed by atoms with Crippen LogP contribution in [0.4, 0.5) is 5.69 Å². The molecule has 1 saturated carbocycles. The Balaban J connectivity index is 2.15. The molecule has 3 heteroatoms. The van der Waals surface area contributed by atoms with E-state index in [0.717, 1.165) is 11.3 Å². The van der Waals surface area contributed by atoms with E-state index in [1.807, 2.05) is 6.07 Å². The lowest BCUT2D eigenvalue weighted by molar-refractivity contribution is 0.281. The molecular weight excluding hydrogens is 200 g/mol. The summed E-state index contributed by atoms with van der Waals surface area (Å²) in [5.41, 5.74) is 2.06. The summed E-state index contributed by atoms with van der Waals surface area (Å²) < 4.78 is 0. The van der Waals surface area contributed by atoms with Gasteiger partial charge in [0.1, 0.15) is 0 Å². The van der Waals surface area contributed by atoms with Gasteiger partial charge in [0.25, 0.3) is 0 Å². The van der Waals surface area contributed by atoms with Crippen molar-refractivity contribution in [1.29, 1.82) is 0 Å². The first kappa shape index (κ1) is 11.4. The molecule has 0 saturated heterocycles. The molecule has 16 heavy (non-hydrogen) atoms. The lowest BCUT2D eigenvalue weighted by atomic mass is 9.94. The van der Waals surface area contributed by atoms with E-state index >= 15 is 0 Å². The summed E-state index contributed by atoms with van der Waals surface area (Å²) in [6.07, 6.45) is 10.1. The maximum absolute atomic E-state index is 9.30. The van der Waals surface area contributed by atoms with Crippen molar-refractivity contribution >= 4 is 5.69 Å². The van der Waals surface area contributed by atoms with Gasteiger partial charge in [0, 0.05) is 36.7 Å². The van der Waals surface area contributed by atoms with Gasteiger partial charge in [-0.05, 0) is 18.9 Å². The second kappa shape index (κ2) is 5.30. The van der Waals surface area contributed by atoms with E-state index in [1.165, 1.54) is 32.1 Å². The van der Waals surface area contributed by atoms with Crippen LogP contribution in [0.2, 0.25) is 0 Å². The Labute approximate surface area is 97.1 Å². The minimum Gasteiger partial charge on any atom is -0.392 e. The van der Waals surface area contributed by atoms with E-state index in [9.17, 15) is 5.11 Å². The minimum absolute atomic E-state index is 0.0697. The summed E-state index contributed by atoms with van der Waals surface area (Å²) in [6.45, 7) is 0.0697. The predicted octanol–water partition coefficient (Wildman–Crippen LogP) is 2.34. The molecule has 88 valence electrons. The van der Waals surface area contributed by atoms with Crippen LogP contribution in [0.25, 0.3) is 0 Å². The van der Waals surface area contributed by atoms with E-state index in [0.29, 0.717) is 6.04 Å². The van der Waals surface area contributed by atoms with Crippen LogP contribution in [0.5, 0.6) is 0 Å². The Kier molecular flexibility index (Phi) is 3.78. The lowest BCUT2D eigenvalue weighted by Crippen LogP contribution is -2.34. The highest BCUT2D eigenvalue weighted by Crippen LogP contribution is 2.27. The second-order valence-corrected chi connectivity index (χ2v) is 4.57. The van der Waals surface area contributed by atoms with Gasteiger partial charge in [-0.1, -0.05) is 19.3 Å². The van der Waals surface area contributed by atoms with Crippen LogP contribution in [0.3, 0.4) is 0 Å². The summed E-state index contributed by atoms with van der Waals surface area (Å²) in [5.74, 6) is 0. The fraction of sp³-hybridized carbons (Fsp3) is 0.615. The second-order valence-electron chi connectivity index (χ2n) is 4.57. The topological polar surface area (TPSA) is 36.4 Å². The molecule has 1 aliphatic carbocycles. The van der Waals surface area contributed by atoms with Crippen molar-refractivity contribution in [3.8, 4) is 0 Å². The van der Waals surface area contributed by atoms with Gasteiger partial charge in [0.2, 0.25) is 0 Å². The van der Waals surface area contributed by atoms with Crippen molar-refractivity contribution in [3.63, 3.8) is 0 Å². The average Bonchev–Trinajstić information content (AvgIpc) is 2.39. The molecule has 1 aromatic heterocycles. The van der Waals surface area contributed by atoms with E-state index in [4.69, 9.17) is 0 Å². The van der Waals surface area contributed by atoms with Crippen molar-refractivity contribution in [1.82, 2.24) is 4.98 Å². The molecule has 1 aliphatic rings. The SMILES string of the molecule is CN(c1ccncc1CO)C1CCCCC1. The summed E-state index contributed by atoms with van der Waals surface area (Å²) in [6, 6.07) is 2.63. The number of aromatic nitrogens is 1. The number of pyridine rings is 1. The smallest absolute Gasteiger partial charge is 0.0717 e. The van der Waals surface area contributed by atoms with Crippen LogP contribution in [-0.2, 0) is 6.61 Å². The van der Waals surface area contributed by atoms with Gasteiger partial charge in [-0.3, -0.25) is 4.98 Å². The molecule has 2 rings (SSSR count). The maximum atomic E-state index is 9.30. The lowest BCUT2D eigenvalue weighted by Gasteiger charge is -2.33. The van der Waals surface area contributed by atoms with Crippen LogP contribution < -0.4 is 4.90 Å². The van der Waals surface area contributed by atoms with E-state index < -0.39 is 0 Å². The number of aliphatic hydroxyl groups is 1. The van der Waals surface area contributed by atoms with E-state index in [2.05, 4.69) is 16.9 Å². The number of rotatable bonds is 3. The monoisotopic (exact) mass is 220 g/mol. The highest BCUT2D eigenvalue weighted by molar-refractivity contribution is 5.52. The third kappa shape index (κ3) is 2.35. The zero-order chi connectivity index (χ0) is 11.4. The minimum atomic E-state index is 0.0697. The molecule has 1 N–H and O–H groups in total. The highest BCUT2D eigenvalue weighted by atomic mass is 16.3. The van der Waals surface area contributed by atoms with E-state index in [1.54, 1.807) is 12.4 Å². The summed E-state index contributed by atoms with van der Waals surface area (Å²) in [7, 11) is 2.13. The highest BCUT2D eigenvalue weighted by Gasteiger charge is 2.19. The molecule has 0 radical (unpaired) electrons. The van der Waals surface area contributed by atoms with Crippen molar-refractivity contribution in [3.05, 3.63) is 24.0 Å². The van der Waals surface area contributed by atoms with Crippen molar-refractivity contribution in [2.24, 2.45) is 0 Å². The first-order valence-corrected chi connectivity index (χ1v) is 6.09. The predicted molar refractivity (Wildman–Crippen MR) is 65.4 cm³/mol. The molecule has 3 nitrogen and oxygen atoms in total. The fourth-order valence-electron chi connectivity index (χ4n) is 2.55. The average molecular weight is 220 g/mol. The Morgan fingerprint density at radius 3 is 2.81 bits per heavy atom. The van der Waals surface area contributed by atoms with Crippen LogP contribution in [0, 0.1) is 0 Å². The maximum Gasteiger partial charge on any atom is 0.0717 e. The quantitative estimate of drug-likeness (QED) is 0.849. The molecule has 1 heterocycles. The number of anilines is 1.